The van der Waals surface area contributed by atoms with E-state index in [-0.39, 0.29) is 23.2 Å². The molecule has 1 aromatic rings. The minimum atomic E-state index is -0.498. The van der Waals surface area contributed by atoms with Gasteiger partial charge >= 0.3 is 0 Å². The van der Waals surface area contributed by atoms with Crippen molar-refractivity contribution in [3.63, 3.8) is 0 Å². The van der Waals surface area contributed by atoms with Gasteiger partial charge in [-0.15, -0.1) is 0 Å². The second kappa shape index (κ2) is 6.74. The van der Waals surface area contributed by atoms with Crippen LogP contribution >= 0.6 is 0 Å². The van der Waals surface area contributed by atoms with Crippen molar-refractivity contribution >= 4 is 17.3 Å². The number of ether oxygens (including phenoxy) is 2. The highest BCUT2D eigenvalue weighted by Gasteiger charge is 2.40. The number of benzene rings is 1. The Bertz CT molecular complexity index is 633. The monoisotopic (exact) mass is 335 g/mol. The second-order valence-electron chi connectivity index (χ2n) is 6.09. The molecular formula is C16H21N3O5. The van der Waals surface area contributed by atoms with Crippen molar-refractivity contribution in [1.82, 2.24) is 5.32 Å². The van der Waals surface area contributed by atoms with Gasteiger partial charge in [-0.1, -0.05) is 0 Å². The molecule has 8 nitrogen and oxygen atoms in total. The molecule has 0 aromatic heterocycles. The molecular weight excluding hydrogens is 314 g/mol. The van der Waals surface area contributed by atoms with E-state index in [0.29, 0.717) is 18.9 Å². The summed E-state index contributed by atoms with van der Waals surface area (Å²) in [7, 11) is 1.60. The van der Waals surface area contributed by atoms with Gasteiger partial charge in [-0.3, -0.25) is 14.9 Å². The number of hydrogen-bond acceptors (Lipinski definition) is 6. The largest absolute Gasteiger partial charge is 0.383 e. The number of carbonyl (C=O) groups excluding carboxylic acids is 1. The first kappa shape index (κ1) is 16.7. The van der Waals surface area contributed by atoms with Crippen LogP contribution in [0.15, 0.2) is 18.2 Å². The molecule has 0 atom stereocenters. The summed E-state index contributed by atoms with van der Waals surface area (Å²) in [4.78, 5) is 23.0. The summed E-state index contributed by atoms with van der Waals surface area (Å²) in [5.41, 5.74) is 0.557. The van der Waals surface area contributed by atoms with E-state index in [1.165, 1.54) is 6.07 Å². The molecule has 1 aliphatic heterocycles. The molecule has 1 saturated heterocycles. The number of nitro benzene ring substituents is 1. The average molecular weight is 335 g/mol. The zero-order valence-electron chi connectivity index (χ0n) is 13.5. The van der Waals surface area contributed by atoms with Crippen LogP contribution in [0.3, 0.4) is 0 Å². The normalized spacial score (nSPS) is 20.0. The average Bonchev–Trinajstić information content (AvgIpc) is 3.04. The Morgan fingerprint density at radius 2 is 1.96 bits per heavy atom. The van der Waals surface area contributed by atoms with Crippen LogP contribution < -0.4 is 10.6 Å². The van der Waals surface area contributed by atoms with E-state index in [9.17, 15) is 14.9 Å². The first-order chi connectivity index (χ1) is 11.5. The highest BCUT2D eigenvalue weighted by atomic mass is 16.7. The molecule has 24 heavy (non-hydrogen) atoms. The van der Waals surface area contributed by atoms with E-state index in [4.69, 9.17) is 9.47 Å². The number of amides is 1. The maximum absolute atomic E-state index is 12.4. The number of rotatable bonds is 4. The number of carbonyl (C=O) groups is 1. The Balaban J connectivity index is 1.63. The summed E-state index contributed by atoms with van der Waals surface area (Å²) in [6.45, 7) is 1.25. The molecule has 1 spiro atoms. The SMILES string of the molecule is CNc1ccc(C(=O)NC2CCC3(CC2)OCCO3)cc1[N+](=O)[O-]. The van der Waals surface area contributed by atoms with Gasteiger partial charge in [0.05, 0.1) is 18.1 Å². The van der Waals surface area contributed by atoms with Crippen LogP contribution in [-0.2, 0) is 9.47 Å². The molecule has 2 fully saturated rings. The summed E-state index contributed by atoms with van der Waals surface area (Å²) in [6, 6.07) is 4.46. The summed E-state index contributed by atoms with van der Waals surface area (Å²) in [5, 5.41) is 16.8. The lowest BCUT2D eigenvalue weighted by molar-refractivity contribution is -0.384. The molecule has 2 N–H and O–H groups in total. The van der Waals surface area contributed by atoms with Gasteiger partial charge in [0.25, 0.3) is 11.6 Å². The van der Waals surface area contributed by atoms with E-state index >= 15 is 0 Å². The molecule has 8 heteroatoms. The third-order valence-electron chi connectivity index (χ3n) is 4.62. The summed E-state index contributed by atoms with van der Waals surface area (Å²) in [6.07, 6.45) is 3.03. The number of nitro groups is 1. The van der Waals surface area contributed by atoms with Crippen molar-refractivity contribution in [2.75, 3.05) is 25.6 Å². The fourth-order valence-corrected chi connectivity index (χ4v) is 3.29. The number of anilines is 1. The predicted molar refractivity (Wildman–Crippen MR) is 87.0 cm³/mol. The predicted octanol–water partition coefficient (Wildman–Crippen LogP) is 2.05. The van der Waals surface area contributed by atoms with Crippen molar-refractivity contribution in [2.24, 2.45) is 0 Å². The Labute approximate surface area is 139 Å². The quantitative estimate of drug-likeness (QED) is 0.645. The second-order valence-corrected chi connectivity index (χ2v) is 6.09. The molecule has 0 radical (unpaired) electrons. The first-order valence-corrected chi connectivity index (χ1v) is 8.08. The highest BCUT2D eigenvalue weighted by molar-refractivity contribution is 5.95. The topological polar surface area (TPSA) is 103 Å². The van der Waals surface area contributed by atoms with Crippen molar-refractivity contribution in [3.8, 4) is 0 Å². The Morgan fingerprint density at radius 1 is 1.29 bits per heavy atom. The molecule has 0 unspecified atom stereocenters. The maximum atomic E-state index is 12.4. The van der Waals surface area contributed by atoms with Crippen molar-refractivity contribution in [1.29, 1.82) is 0 Å². The molecule has 1 aliphatic carbocycles. The van der Waals surface area contributed by atoms with Crippen LogP contribution in [0.5, 0.6) is 0 Å². The lowest BCUT2D eigenvalue weighted by atomic mass is 9.90. The van der Waals surface area contributed by atoms with Crippen LogP contribution in [0.1, 0.15) is 36.0 Å². The Morgan fingerprint density at radius 3 is 2.54 bits per heavy atom. The Hall–Kier alpha value is -2.19. The zero-order chi connectivity index (χ0) is 17.2. The molecule has 130 valence electrons. The third kappa shape index (κ3) is 3.34. The van der Waals surface area contributed by atoms with E-state index in [0.717, 1.165) is 25.7 Å². The molecule has 0 bridgehead atoms. The molecule has 1 amide bonds. The maximum Gasteiger partial charge on any atom is 0.293 e. The summed E-state index contributed by atoms with van der Waals surface area (Å²) < 4.78 is 11.3. The van der Waals surface area contributed by atoms with Gasteiger partial charge in [-0.2, -0.15) is 0 Å². The molecule has 1 aromatic carbocycles. The smallest absolute Gasteiger partial charge is 0.293 e. The molecule has 2 aliphatic rings. The van der Waals surface area contributed by atoms with Crippen LogP contribution in [-0.4, -0.2) is 42.9 Å². The van der Waals surface area contributed by atoms with Gasteiger partial charge < -0.3 is 20.1 Å². The summed E-state index contributed by atoms with van der Waals surface area (Å²) >= 11 is 0. The first-order valence-electron chi connectivity index (χ1n) is 8.08. The van der Waals surface area contributed by atoms with E-state index in [1.54, 1.807) is 19.2 Å². The van der Waals surface area contributed by atoms with Crippen LogP contribution in [0, 0.1) is 10.1 Å². The van der Waals surface area contributed by atoms with Crippen molar-refractivity contribution in [3.05, 3.63) is 33.9 Å². The van der Waals surface area contributed by atoms with Gasteiger partial charge in [0.1, 0.15) is 5.69 Å². The van der Waals surface area contributed by atoms with Crippen molar-refractivity contribution < 1.29 is 19.2 Å². The highest BCUT2D eigenvalue weighted by Crippen LogP contribution is 2.35. The number of hydrogen-bond donors (Lipinski definition) is 2. The zero-order valence-corrected chi connectivity index (χ0v) is 13.5. The number of nitrogens with zero attached hydrogens (tertiary/aromatic N) is 1. The molecule has 3 rings (SSSR count). The van der Waals surface area contributed by atoms with Gasteiger partial charge in [-0.25, -0.2) is 0 Å². The lowest BCUT2D eigenvalue weighted by Crippen LogP contribution is -2.44. The van der Waals surface area contributed by atoms with Crippen LogP contribution in [0.4, 0.5) is 11.4 Å². The van der Waals surface area contributed by atoms with Crippen LogP contribution in [0.2, 0.25) is 0 Å². The van der Waals surface area contributed by atoms with E-state index < -0.39 is 10.7 Å². The minimum Gasteiger partial charge on any atom is -0.383 e. The number of nitrogens with one attached hydrogen (secondary N) is 2. The molecule has 1 heterocycles. The Kier molecular flexibility index (Phi) is 4.68. The van der Waals surface area contributed by atoms with Gasteiger partial charge in [0.2, 0.25) is 0 Å². The fourth-order valence-electron chi connectivity index (χ4n) is 3.29. The molecule has 1 saturated carbocycles. The van der Waals surface area contributed by atoms with Crippen molar-refractivity contribution in [2.45, 2.75) is 37.5 Å². The van der Waals surface area contributed by atoms with Gasteiger partial charge in [-0.05, 0) is 25.0 Å². The standard InChI is InChI=1S/C16H21N3O5/c1-17-13-3-2-11(10-14(13)19(21)22)15(20)18-12-4-6-16(7-5-12)23-8-9-24-16/h2-3,10,12,17H,4-9H2,1H3,(H,18,20). The lowest BCUT2D eigenvalue weighted by Gasteiger charge is -2.35. The van der Waals surface area contributed by atoms with E-state index in [2.05, 4.69) is 10.6 Å². The third-order valence-corrected chi connectivity index (χ3v) is 4.62. The van der Waals surface area contributed by atoms with Crippen LogP contribution in [0.25, 0.3) is 0 Å². The fraction of sp³-hybridized carbons (Fsp3) is 0.562. The van der Waals surface area contributed by atoms with E-state index in [1.807, 2.05) is 0 Å². The summed E-state index contributed by atoms with van der Waals surface area (Å²) in [5.74, 6) is -0.760. The minimum absolute atomic E-state index is 0.0268. The van der Waals surface area contributed by atoms with Gasteiger partial charge in [0.15, 0.2) is 5.79 Å². The van der Waals surface area contributed by atoms with Gasteiger partial charge in [0, 0.05) is 37.6 Å².